The van der Waals surface area contributed by atoms with Gasteiger partial charge in [0.1, 0.15) is 0 Å². The minimum absolute atomic E-state index is 0.211. The SMILES string of the molecule is COc1cc(-c2nnc3c(OC4CCC4)cc(-c4ccc5[nH]ccc5c4)cn23)cc(OC)c1OC. The largest absolute Gasteiger partial charge is 0.493 e. The maximum Gasteiger partial charge on any atom is 0.203 e. The van der Waals surface area contributed by atoms with E-state index in [0.717, 1.165) is 46.2 Å². The summed E-state index contributed by atoms with van der Waals surface area (Å²) < 4.78 is 25.0. The highest BCUT2D eigenvalue weighted by Crippen LogP contribution is 2.42. The zero-order valence-electron chi connectivity index (χ0n) is 19.9. The standard InChI is InChI=1S/C27H26N4O4/c1-32-22-12-18(13-23(33-2)25(22)34-3)26-29-30-27-24(35-20-5-4-6-20)14-19(15-31(26)27)16-7-8-21-17(11-16)9-10-28-21/h7-15,20,28H,4-6H2,1-3H3. The van der Waals surface area contributed by atoms with Gasteiger partial charge in [0.2, 0.25) is 11.4 Å². The van der Waals surface area contributed by atoms with Gasteiger partial charge in [0, 0.05) is 29.0 Å². The molecule has 6 rings (SSSR count). The Morgan fingerprint density at radius 1 is 0.829 bits per heavy atom. The number of H-pyrrole nitrogens is 1. The van der Waals surface area contributed by atoms with E-state index in [9.17, 15) is 0 Å². The Bertz CT molecular complexity index is 1510. The van der Waals surface area contributed by atoms with Crippen LogP contribution in [0.15, 0.2) is 54.9 Å². The smallest absolute Gasteiger partial charge is 0.203 e. The summed E-state index contributed by atoms with van der Waals surface area (Å²) in [4.78, 5) is 3.25. The number of pyridine rings is 1. The van der Waals surface area contributed by atoms with Crippen molar-refractivity contribution in [3.63, 3.8) is 0 Å². The van der Waals surface area contributed by atoms with Crippen LogP contribution in [0.1, 0.15) is 19.3 Å². The molecule has 1 N–H and O–H groups in total. The van der Waals surface area contributed by atoms with Crippen LogP contribution < -0.4 is 18.9 Å². The lowest BCUT2D eigenvalue weighted by Crippen LogP contribution is -2.24. The molecule has 35 heavy (non-hydrogen) atoms. The van der Waals surface area contributed by atoms with Crippen LogP contribution in [0.25, 0.3) is 39.1 Å². The van der Waals surface area contributed by atoms with Gasteiger partial charge in [0.15, 0.2) is 23.1 Å². The zero-order valence-corrected chi connectivity index (χ0v) is 19.9. The number of hydrogen-bond donors (Lipinski definition) is 1. The fourth-order valence-corrected chi connectivity index (χ4v) is 4.52. The average molecular weight is 471 g/mol. The molecule has 1 aliphatic carbocycles. The summed E-state index contributed by atoms with van der Waals surface area (Å²) in [6, 6.07) is 14.3. The molecule has 8 nitrogen and oxygen atoms in total. The van der Waals surface area contributed by atoms with Crippen molar-refractivity contribution in [1.29, 1.82) is 0 Å². The second-order valence-electron chi connectivity index (χ2n) is 8.67. The molecule has 3 heterocycles. The normalized spacial score (nSPS) is 13.7. The fraction of sp³-hybridized carbons (Fsp3) is 0.259. The first-order chi connectivity index (χ1) is 17.2. The molecule has 2 aromatic carbocycles. The van der Waals surface area contributed by atoms with E-state index in [1.165, 1.54) is 6.42 Å². The number of benzene rings is 2. The number of fused-ring (bicyclic) bond motifs is 2. The van der Waals surface area contributed by atoms with Crippen molar-refractivity contribution < 1.29 is 18.9 Å². The van der Waals surface area contributed by atoms with E-state index in [1.54, 1.807) is 21.3 Å². The summed E-state index contributed by atoms with van der Waals surface area (Å²) in [5, 5.41) is 10.2. The third-order valence-electron chi connectivity index (χ3n) is 6.63. The summed E-state index contributed by atoms with van der Waals surface area (Å²) in [5.74, 6) is 3.02. The van der Waals surface area contributed by atoms with Gasteiger partial charge in [-0.2, -0.15) is 0 Å². The second kappa shape index (κ2) is 8.54. The molecule has 0 bridgehead atoms. The predicted molar refractivity (Wildman–Crippen MR) is 134 cm³/mol. The Balaban J connectivity index is 1.55. The Hall–Kier alpha value is -4.20. The van der Waals surface area contributed by atoms with Crippen molar-refractivity contribution in [3.05, 3.63) is 54.9 Å². The average Bonchev–Trinajstić information content (AvgIpc) is 3.51. The van der Waals surface area contributed by atoms with Gasteiger partial charge in [-0.15, -0.1) is 10.2 Å². The summed E-state index contributed by atoms with van der Waals surface area (Å²) in [6.45, 7) is 0. The van der Waals surface area contributed by atoms with Crippen molar-refractivity contribution in [2.24, 2.45) is 0 Å². The molecular formula is C27H26N4O4. The number of aromatic amines is 1. The van der Waals surface area contributed by atoms with Gasteiger partial charge >= 0.3 is 0 Å². The topological polar surface area (TPSA) is 82.9 Å². The Morgan fingerprint density at radius 2 is 1.60 bits per heavy atom. The Kier molecular flexibility index (Phi) is 5.21. The molecule has 0 aliphatic heterocycles. The van der Waals surface area contributed by atoms with Crippen LogP contribution >= 0.6 is 0 Å². The minimum atomic E-state index is 0.211. The van der Waals surface area contributed by atoms with E-state index in [2.05, 4.69) is 51.7 Å². The molecular weight excluding hydrogens is 444 g/mol. The molecule has 0 unspecified atom stereocenters. The van der Waals surface area contributed by atoms with Crippen molar-refractivity contribution in [1.82, 2.24) is 19.6 Å². The van der Waals surface area contributed by atoms with E-state index in [0.29, 0.717) is 28.7 Å². The van der Waals surface area contributed by atoms with Gasteiger partial charge in [-0.05, 0) is 66.6 Å². The molecule has 178 valence electrons. The maximum absolute atomic E-state index is 6.37. The number of nitrogens with zero attached hydrogens (tertiary/aromatic N) is 3. The van der Waals surface area contributed by atoms with Gasteiger partial charge < -0.3 is 23.9 Å². The van der Waals surface area contributed by atoms with Crippen molar-refractivity contribution in [3.8, 4) is 45.5 Å². The van der Waals surface area contributed by atoms with E-state index < -0.39 is 0 Å². The van der Waals surface area contributed by atoms with Crippen LogP contribution in [0.3, 0.4) is 0 Å². The third-order valence-corrected chi connectivity index (χ3v) is 6.63. The van der Waals surface area contributed by atoms with Crippen molar-refractivity contribution >= 4 is 16.6 Å². The number of ether oxygens (including phenoxy) is 4. The number of nitrogens with one attached hydrogen (secondary N) is 1. The lowest BCUT2D eigenvalue weighted by atomic mass is 9.96. The molecule has 1 saturated carbocycles. The molecule has 0 spiro atoms. The van der Waals surface area contributed by atoms with Gasteiger partial charge in [0.25, 0.3) is 0 Å². The van der Waals surface area contributed by atoms with E-state index >= 15 is 0 Å². The lowest BCUT2D eigenvalue weighted by molar-refractivity contribution is 0.121. The molecule has 0 saturated heterocycles. The molecule has 0 atom stereocenters. The van der Waals surface area contributed by atoms with Gasteiger partial charge in [-0.3, -0.25) is 4.40 Å². The summed E-state index contributed by atoms with van der Waals surface area (Å²) >= 11 is 0. The number of aromatic nitrogens is 4. The van der Waals surface area contributed by atoms with E-state index in [-0.39, 0.29) is 6.10 Å². The molecule has 0 amide bonds. The summed E-state index contributed by atoms with van der Waals surface area (Å²) in [5.41, 5.74) is 4.67. The minimum Gasteiger partial charge on any atom is -0.493 e. The fourth-order valence-electron chi connectivity index (χ4n) is 4.52. The zero-order chi connectivity index (χ0) is 23.9. The molecule has 1 aliphatic rings. The molecule has 5 aromatic rings. The molecule has 3 aromatic heterocycles. The molecule has 0 radical (unpaired) electrons. The summed E-state index contributed by atoms with van der Waals surface area (Å²) in [6.07, 6.45) is 7.51. The lowest BCUT2D eigenvalue weighted by Gasteiger charge is -2.26. The second-order valence-corrected chi connectivity index (χ2v) is 8.67. The van der Waals surface area contributed by atoms with Crippen molar-refractivity contribution in [2.75, 3.05) is 21.3 Å². The first kappa shape index (κ1) is 21.3. The highest BCUT2D eigenvalue weighted by molar-refractivity contribution is 5.85. The quantitative estimate of drug-likeness (QED) is 0.338. The molecule has 1 fully saturated rings. The highest BCUT2D eigenvalue weighted by atomic mass is 16.5. The van der Waals surface area contributed by atoms with Crippen LogP contribution in [0.4, 0.5) is 0 Å². The summed E-state index contributed by atoms with van der Waals surface area (Å²) in [7, 11) is 4.79. The van der Waals surface area contributed by atoms with Gasteiger partial charge in [-0.1, -0.05) is 6.07 Å². The van der Waals surface area contributed by atoms with Crippen LogP contribution in [-0.2, 0) is 0 Å². The van der Waals surface area contributed by atoms with Gasteiger partial charge in [0.05, 0.1) is 27.4 Å². The van der Waals surface area contributed by atoms with E-state index in [1.807, 2.05) is 22.7 Å². The van der Waals surface area contributed by atoms with Crippen LogP contribution in [0.5, 0.6) is 23.0 Å². The Labute approximate surface area is 202 Å². The number of hydrogen-bond acceptors (Lipinski definition) is 6. The predicted octanol–water partition coefficient (Wildman–Crippen LogP) is 5.50. The van der Waals surface area contributed by atoms with E-state index in [4.69, 9.17) is 18.9 Å². The first-order valence-corrected chi connectivity index (χ1v) is 11.6. The van der Waals surface area contributed by atoms with Crippen LogP contribution in [-0.4, -0.2) is 47.0 Å². The third kappa shape index (κ3) is 3.62. The number of methoxy groups -OCH3 is 3. The van der Waals surface area contributed by atoms with Gasteiger partial charge in [-0.25, -0.2) is 0 Å². The Morgan fingerprint density at radius 3 is 2.29 bits per heavy atom. The monoisotopic (exact) mass is 470 g/mol. The van der Waals surface area contributed by atoms with Crippen LogP contribution in [0, 0.1) is 0 Å². The van der Waals surface area contributed by atoms with Crippen molar-refractivity contribution in [2.45, 2.75) is 25.4 Å². The highest BCUT2D eigenvalue weighted by Gasteiger charge is 2.23. The van der Waals surface area contributed by atoms with Crippen LogP contribution in [0.2, 0.25) is 0 Å². The first-order valence-electron chi connectivity index (χ1n) is 11.6. The molecule has 8 heteroatoms. The maximum atomic E-state index is 6.37. The number of rotatable bonds is 7.